The highest BCUT2D eigenvalue weighted by Crippen LogP contribution is 2.31. The van der Waals surface area contributed by atoms with E-state index in [9.17, 15) is 28.2 Å². The lowest BCUT2D eigenvalue weighted by molar-refractivity contribution is -0.0475. The summed E-state index contributed by atoms with van der Waals surface area (Å²) < 4.78 is 32.1. The van der Waals surface area contributed by atoms with E-state index in [1.54, 1.807) is 0 Å². The monoisotopic (exact) mass is 395 g/mol. The average Bonchev–Trinajstić information content (AvgIpc) is 2.95. The third-order valence-electron chi connectivity index (χ3n) is 3.48. The largest absolute Gasteiger partial charge is 0.387 e. The Balaban J connectivity index is 2.00. The molecule has 0 aromatic carbocycles. The molecule has 0 aliphatic carbocycles. The Bertz CT molecular complexity index is 1030. The molecule has 138 valence electrons. The van der Waals surface area contributed by atoms with Crippen LogP contribution in [-0.2, 0) is 19.2 Å². The van der Waals surface area contributed by atoms with Crippen molar-refractivity contribution >= 4 is 37.9 Å². The molecule has 15 heteroatoms. The van der Waals surface area contributed by atoms with Crippen LogP contribution in [0.2, 0.25) is 0 Å². The first-order chi connectivity index (χ1) is 11.6. The molecular weight excluding hydrogens is 382 g/mol. The van der Waals surface area contributed by atoms with Gasteiger partial charge in [0.15, 0.2) is 11.9 Å². The molecule has 1 aliphatic heterocycles. The van der Waals surface area contributed by atoms with Crippen LogP contribution in [0.3, 0.4) is 0 Å². The highest BCUT2D eigenvalue weighted by molar-refractivity contribution is 7.84. The summed E-state index contributed by atoms with van der Waals surface area (Å²) in [6.07, 6.45) is -5.92. The molecule has 13 nitrogen and oxygen atoms in total. The average molecular weight is 395 g/mol. The Morgan fingerprint density at radius 1 is 1.36 bits per heavy atom. The smallest absolute Gasteiger partial charge is 0.333 e. The van der Waals surface area contributed by atoms with Gasteiger partial charge in [0.05, 0.1) is 6.61 Å². The van der Waals surface area contributed by atoms with Crippen molar-refractivity contribution < 1.29 is 27.6 Å². The Kier molecular flexibility index (Phi) is 4.40. The van der Waals surface area contributed by atoms with Crippen molar-refractivity contribution in [1.82, 2.24) is 14.5 Å². The van der Waals surface area contributed by atoms with Gasteiger partial charge in [-0.15, -0.1) is 0 Å². The summed E-state index contributed by atoms with van der Waals surface area (Å²) in [4.78, 5) is 29.4. The first-order valence-electron chi connectivity index (χ1n) is 6.68. The van der Waals surface area contributed by atoms with Crippen LogP contribution in [0.15, 0.2) is 9.59 Å². The maximum Gasteiger partial charge on any atom is 0.333 e. The lowest BCUT2D eigenvalue weighted by atomic mass is 10.1. The summed E-state index contributed by atoms with van der Waals surface area (Å²) >= 11 is 0.549. The summed E-state index contributed by atoms with van der Waals surface area (Å²) in [5.74, 6) is -0.258. The molecule has 0 saturated carbocycles. The van der Waals surface area contributed by atoms with Gasteiger partial charge in [-0.25, -0.2) is 5.14 Å². The number of thiazole rings is 1. The number of hydrogen-bond donors (Lipinski definition) is 5. The molecule has 3 heterocycles. The number of aliphatic hydroxyl groups excluding tert-OH is 2. The number of anilines is 1. The highest BCUT2D eigenvalue weighted by Gasteiger charge is 2.45. The second-order valence-corrected chi connectivity index (χ2v) is 7.35. The van der Waals surface area contributed by atoms with Crippen LogP contribution in [-0.4, -0.2) is 58.1 Å². The van der Waals surface area contributed by atoms with Crippen molar-refractivity contribution in [3.8, 4) is 0 Å². The lowest BCUT2D eigenvalue weighted by Gasteiger charge is -2.15. The summed E-state index contributed by atoms with van der Waals surface area (Å²) in [7, 11) is -4.29. The van der Waals surface area contributed by atoms with Gasteiger partial charge in [-0.1, -0.05) is 11.3 Å². The Labute approximate surface area is 142 Å². The molecule has 25 heavy (non-hydrogen) atoms. The fourth-order valence-electron chi connectivity index (χ4n) is 2.41. The molecule has 4 unspecified atom stereocenters. The van der Waals surface area contributed by atoms with Crippen LogP contribution in [0, 0.1) is 0 Å². The van der Waals surface area contributed by atoms with Gasteiger partial charge in [0.25, 0.3) is 5.56 Å². The molecule has 4 atom stereocenters. The van der Waals surface area contributed by atoms with Gasteiger partial charge in [-0.3, -0.25) is 23.3 Å². The summed E-state index contributed by atoms with van der Waals surface area (Å²) in [6, 6.07) is 0. The van der Waals surface area contributed by atoms with E-state index in [1.165, 1.54) is 0 Å². The van der Waals surface area contributed by atoms with Crippen LogP contribution in [0.1, 0.15) is 6.23 Å². The second-order valence-electron chi connectivity index (χ2n) is 5.17. The Morgan fingerprint density at radius 2 is 2.04 bits per heavy atom. The molecule has 0 spiro atoms. The number of nitrogens with zero attached hydrogens (tertiary/aromatic N) is 2. The van der Waals surface area contributed by atoms with Gasteiger partial charge in [-0.2, -0.15) is 13.4 Å². The topological polar surface area (TPSA) is 213 Å². The number of ether oxygens (including phenoxy) is 1. The van der Waals surface area contributed by atoms with E-state index < -0.39 is 51.9 Å². The van der Waals surface area contributed by atoms with Crippen LogP contribution in [0.5, 0.6) is 0 Å². The number of nitrogens with two attached hydrogens (primary N) is 2. The third kappa shape index (κ3) is 3.30. The summed E-state index contributed by atoms with van der Waals surface area (Å²) in [6.45, 7) is -0.680. The van der Waals surface area contributed by atoms with Crippen molar-refractivity contribution in [2.24, 2.45) is 5.14 Å². The highest BCUT2D eigenvalue weighted by atomic mass is 32.2. The normalized spacial score (nSPS) is 27.2. The van der Waals surface area contributed by atoms with Gasteiger partial charge >= 0.3 is 15.2 Å². The van der Waals surface area contributed by atoms with Crippen molar-refractivity contribution in [3.05, 3.63) is 20.0 Å². The molecule has 0 bridgehead atoms. The van der Waals surface area contributed by atoms with E-state index in [-0.39, 0.29) is 16.3 Å². The van der Waals surface area contributed by atoms with E-state index in [2.05, 4.69) is 19.3 Å². The Hall–Kier alpha value is -1.88. The predicted octanol–water partition coefficient (Wildman–Crippen LogP) is -3.43. The lowest BCUT2D eigenvalue weighted by Crippen LogP contribution is -2.35. The fourth-order valence-corrected chi connectivity index (χ4v) is 3.58. The SMILES string of the molecule is Nc1nc2c(sc(=O)n2C2OC(COS(N)(=O)=O)C(O)C2O)c(=O)[nH]1. The molecule has 1 saturated heterocycles. The van der Waals surface area contributed by atoms with E-state index in [0.29, 0.717) is 11.3 Å². The molecule has 1 aliphatic rings. The molecule has 2 aromatic rings. The van der Waals surface area contributed by atoms with E-state index in [0.717, 1.165) is 4.57 Å². The van der Waals surface area contributed by atoms with Crippen LogP contribution >= 0.6 is 11.3 Å². The van der Waals surface area contributed by atoms with Crippen molar-refractivity contribution in [1.29, 1.82) is 0 Å². The van der Waals surface area contributed by atoms with E-state index >= 15 is 0 Å². The minimum atomic E-state index is -4.29. The zero-order chi connectivity index (χ0) is 18.5. The fraction of sp³-hybridized carbons (Fsp3) is 0.500. The zero-order valence-corrected chi connectivity index (χ0v) is 13.9. The molecule has 0 radical (unpaired) electrons. The van der Waals surface area contributed by atoms with E-state index in [4.69, 9.17) is 10.5 Å². The first kappa shape index (κ1) is 17.9. The maximum absolute atomic E-state index is 12.2. The zero-order valence-electron chi connectivity index (χ0n) is 12.2. The van der Waals surface area contributed by atoms with E-state index in [1.807, 2.05) is 0 Å². The number of H-pyrrole nitrogens is 1. The molecule has 3 rings (SSSR count). The molecule has 0 amide bonds. The number of aliphatic hydroxyl groups is 2. The standard InChI is InChI=1S/C10H13N5O8S2/c11-9-13-6-5(7(18)14-9)24-10(19)15(6)8-4(17)3(16)2(23-8)1-22-25(12,20)21/h2-4,8,16-17H,1H2,(H2,12,20,21)(H3,11,13,14,18). The molecular formula is C10H13N5O8S2. The number of nitrogen functional groups attached to an aromatic ring is 1. The van der Waals surface area contributed by atoms with Crippen LogP contribution in [0.4, 0.5) is 5.95 Å². The third-order valence-corrected chi connectivity index (χ3v) is 4.89. The van der Waals surface area contributed by atoms with Gasteiger partial charge in [-0.05, 0) is 0 Å². The Morgan fingerprint density at radius 3 is 2.68 bits per heavy atom. The quantitative estimate of drug-likeness (QED) is 0.345. The van der Waals surface area contributed by atoms with Gasteiger partial charge < -0.3 is 20.7 Å². The predicted molar refractivity (Wildman–Crippen MR) is 83.9 cm³/mol. The maximum atomic E-state index is 12.2. The second kappa shape index (κ2) is 6.13. The number of nitrogens with one attached hydrogen (secondary N) is 1. The number of rotatable bonds is 4. The number of aromatic amines is 1. The van der Waals surface area contributed by atoms with Gasteiger partial charge in [0.1, 0.15) is 23.0 Å². The molecule has 7 N–H and O–H groups in total. The van der Waals surface area contributed by atoms with Crippen LogP contribution < -0.4 is 21.3 Å². The molecule has 1 fully saturated rings. The summed E-state index contributed by atoms with van der Waals surface area (Å²) in [5.41, 5.74) is 4.67. The summed E-state index contributed by atoms with van der Waals surface area (Å²) in [5, 5.41) is 24.8. The number of hydrogen-bond acceptors (Lipinski definition) is 11. The van der Waals surface area contributed by atoms with Crippen LogP contribution in [0.25, 0.3) is 10.3 Å². The van der Waals surface area contributed by atoms with Crippen molar-refractivity contribution in [2.75, 3.05) is 12.3 Å². The minimum absolute atomic E-state index is 0.0475. The van der Waals surface area contributed by atoms with Gasteiger partial charge in [0, 0.05) is 0 Å². The first-order valence-corrected chi connectivity index (χ1v) is 8.97. The number of aromatic nitrogens is 3. The van der Waals surface area contributed by atoms with Crippen molar-refractivity contribution in [2.45, 2.75) is 24.5 Å². The molecule has 2 aromatic heterocycles. The van der Waals surface area contributed by atoms with Crippen molar-refractivity contribution in [3.63, 3.8) is 0 Å². The number of fused-ring (bicyclic) bond motifs is 1. The van der Waals surface area contributed by atoms with Gasteiger partial charge in [0.2, 0.25) is 5.95 Å². The minimum Gasteiger partial charge on any atom is -0.387 e.